The molecule has 0 amide bonds. The van der Waals surface area contributed by atoms with E-state index in [-0.39, 0.29) is 0 Å². The fraction of sp³-hybridized carbons (Fsp3) is 0.333. The summed E-state index contributed by atoms with van der Waals surface area (Å²) < 4.78 is 26.4. The van der Waals surface area contributed by atoms with Crippen molar-refractivity contribution in [2.24, 2.45) is 0 Å². The zero-order valence-corrected chi connectivity index (χ0v) is 10.4. The number of alkyl halides is 1. The Bertz CT molecular complexity index is 383. The third kappa shape index (κ3) is 3.13. The van der Waals surface area contributed by atoms with Gasteiger partial charge in [0.15, 0.2) is 0 Å². The molecule has 0 aliphatic carbocycles. The van der Waals surface area contributed by atoms with Gasteiger partial charge in [-0.05, 0) is 37.5 Å². The SMILES string of the molecule is C/C(=C/CCBr)c1cc(C)c(F)cc1F. The summed E-state index contributed by atoms with van der Waals surface area (Å²) in [7, 11) is 0. The number of hydrogen-bond acceptors (Lipinski definition) is 0. The summed E-state index contributed by atoms with van der Waals surface area (Å²) in [4.78, 5) is 0. The minimum Gasteiger partial charge on any atom is -0.207 e. The van der Waals surface area contributed by atoms with Crippen LogP contribution in [0.4, 0.5) is 8.78 Å². The average Bonchev–Trinajstić information content (AvgIpc) is 2.20. The molecule has 0 unspecified atom stereocenters. The van der Waals surface area contributed by atoms with Crippen molar-refractivity contribution in [2.45, 2.75) is 20.3 Å². The van der Waals surface area contributed by atoms with Gasteiger partial charge in [-0.1, -0.05) is 22.0 Å². The fourth-order valence-corrected chi connectivity index (χ4v) is 1.57. The lowest BCUT2D eigenvalue weighted by Crippen LogP contribution is -1.92. The van der Waals surface area contributed by atoms with Crippen LogP contribution >= 0.6 is 15.9 Å². The van der Waals surface area contributed by atoms with Crippen LogP contribution in [0, 0.1) is 18.6 Å². The summed E-state index contributed by atoms with van der Waals surface area (Å²) in [6, 6.07) is 2.49. The van der Waals surface area contributed by atoms with Gasteiger partial charge in [0.05, 0.1) is 0 Å². The second-order valence-electron chi connectivity index (χ2n) is 3.45. The Hall–Kier alpha value is -0.700. The standard InChI is InChI=1S/C12H13BrF2/c1-8(4-3-5-13)10-6-9(2)11(14)7-12(10)15/h4,6-7H,3,5H2,1-2H3/b8-4-. The van der Waals surface area contributed by atoms with Crippen molar-refractivity contribution < 1.29 is 8.78 Å². The minimum atomic E-state index is -0.499. The quantitative estimate of drug-likeness (QED) is 0.714. The molecule has 0 nitrogen and oxygen atoms in total. The number of halogens is 3. The van der Waals surface area contributed by atoms with Gasteiger partial charge in [0, 0.05) is 17.0 Å². The maximum Gasteiger partial charge on any atom is 0.133 e. The molecule has 1 aromatic carbocycles. The summed E-state index contributed by atoms with van der Waals surface area (Å²) in [5.74, 6) is -0.994. The van der Waals surface area contributed by atoms with E-state index < -0.39 is 11.6 Å². The first-order valence-corrected chi connectivity index (χ1v) is 5.87. The molecule has 0 heterocycles. The van der Waals surface area contributed by atoms with E-state index in [1.54, 1.807) is 13.0 Å². The highest BCUT2D eigenvalue weighted by Gasteiger charge is 2.08. The van der Waals surface area contributed by atoms with Crippen LogP contribution in [0.1, 0.15) is 24.5 Å². The highest BCUT2D eigenvalue weighted by molar-refractivity contribution is 9.09. The molecular weight excluding hydrogens is 262 g/mol. The van der Waals surface area contributed by atoms with Crippen molar-refractivity contribution in [3.63, 3.8) is 0 Å². The summed E-state index contributed by atoms with van der Waals surface area (Å²) >= 11 is 3.30. The van der Waals surface area contributed by atoms with Gasteiger partial charge in [-0.25, -0.2) is 8.78 Å². The van der Waals surface area contributed by atoms with Crippen molar-refractivity contribution in [2.75, 3.05) is 5.33 Å². The van der Waals surface area contributed by atoms with Crippen LogP contribution < -0.4 is 0 Å². The third-order valence-electron chi connectivity index (χ3n) is 2.23. The van der Waals surface area contributed by atoms with E-state index in [4.69, 9.17) is 0 Å². The van der Waals surface area contributed by atoms with E-state index in [9.17, 15) is 8.78 Å². The predicted molar refractivity (Wildman–Crippen MR) is 63.2 cm³/mol. The highest BCUT2D eigenvalue weighted by atomic mass is 79.9. The first kappa shape index (κ1) is 12.4. The molecule has 0 aromatic heterocycles. The Labute approximate surface area is 97.1 Å². The van der Waals surface area contributed by atoms with Gasteiger partial charge in [0.2, 0.25) is 0 Å². The highest BCUT2D eigenvalue weighted by Crippen LogP contribution is 2.21. The van der Waals surface area contributed by atoms with Gasteiger partial charge in [-0.2, -0.15) is 0 Å². The number of aryl methyl sites for hydroxylation is 1. The zero-order valence-electron chi connectivity index (χ0n) is 8.78. The fourth-order valence-electron chi connectivity index (χ4n) is 1.34. The first-order chi connectivity index (χ1) is 7.06. The number of rotatable bonds is 3. The van der Waals surface area contributed by atoms with Crippen LogP contribution in [0.15, 0.2) is 18.2 Å². The number of benzene rings is 1. The molecule has 1 aromatic rings. The van der Waals surface area contributed by atoms with Crippen molar-refractivity contribution in [3.8, 4) is 0 Å². The summed E-state index contributed by atoms with van der Waals surface area (Å²) in [6.07, 6.45) is 2.77. The monoisotopic (exact) mass is 274 g/mol. The van der Waals surface area contributed by atoms with E-state index in [1.807, 2.05) is 13.0 Å². The zero-order chi connectivity index (χ0) is 11.4. The second-order valence-corrected chi connectivity index (χ2v) is 4.24. The van der Waals surface area contributed by atoms with Gasteiger partial charge in [-0.15, -0.1) is 0 Å². The molecule has 0 fully saturated rings. The van der Waals surface area contributed by atoms with Gasteiger partial charge < -0.3 is 0 Å². The molecule has 0 aliphatic rings. The van der Waals surface area contributed by atoms with Crippen molar-refractivity contribution in [3.05, 3.63) is 41.0 Å². The van der Waals surface area contributed by atoms with Crippen molar-refractivity contribution in [1.29, 1.82) is 0 Å². The van der Waals surface area contributed by atoms with Crippen LogP contribution in [0.5, 0.6) is 0 Å². The normalized spacial score (nSPS) is 11.9. The number of hydrogen-bond donors (Lipinski definition) is 0. The Balaban J connectivity index is 3.09. The lowest BCUT2D eigenvalue weighted by atomic mass is 10.0. The molecule has 1 rings (SSSR count). The Morgan fingerprint density at radius 2 is 2.00 bits per heavy atom. The van der Waals surface area contributed by atoms with E-state index in [0.29, 0.717) is 11.1 Å². The van der Waals surface area contributed by atoms with Gasteiger partial charge in [-0.3, -0.25) is 0 Å². The molecule has 0 aliphatic heterocycles. The maximum atomic E-state index is 13.4. The lowest BCUT2D eigenvalue weighted by molar-refractivity contribution is 0.575. The molecule has 15 heavy (non-hydrogen) atoms. The topological polar surface area (TPSA) is 0 Å². The molecule has 3 heteroatoms. The van der Waals surface area contributed by atoms with E-state index in [1.165, 1.54) is 0 Å². The summed E-state index contributed by atoms with van der Waals surface area (Å²) in [6.45, 7) is 3.47. The van der Waals surface area contributed by atoms with Crippen LogP contribution in [0.25, 0.3) is 5.57 Å². The average molecular weight is 275 g/mol. The van der Waals surface area contributed by atoms with Gasteiger partial charge >= 0.3 is 0 Å². The minimum absolute atomic E-state index is 0.470. The Morgan fingerprint density at radius 3 is 2.60 bits per heavy atom. The van der Waals surface area contributed by atoms with Gasteiger partial charge in [0.1, 0.15) is 11.6 Å². The predicted octanol–water partition coefficient (Wildman–Crippen LogP) is 4.46. The van der Waals surface area contributed by atoms with E-state index in [2.05, 4.69) is 15.9 Å². The van der Waals surface area contributed by atoms with Crippen LogP contribution in [0.3, 0.4) is 0 Å². The molecule has 82 valence electrons. The molecule has 0 spiro atoms. The molecule has 0 saturated carbocycles. The molecule has 0 bridgehead atoms. The molecule has 0 radical (unpaired) electrons. The van der Waals surface area contributed by atoms with Crippen molar-refractivity contribution >= 4 is 21.5 Å². The summed E-state index contributed by atoms with van der Waals surface area (Å²) in [5.41, 5.74) is 1.79. The van der Waals surface area contributed by atoms with Crippen LogP contribution in [-0.4, -0.2) is 5.33 Å². The Kier molecular flexibility index (Phi) is 4.45. The second kappa shape index (κ2) is 5.40. The van der Waals surface area contributed by atoms with Gasteiger partial charge in [0.25, 0.3) is 0 Å². The third-order valence-corrected chi connectivity index (χ3v) is 2.69. The van der Waals surface area contributed by atoms with E-state index in [0.717, 1.165) is 23.4 Å². The largest absolute Gasteiger partial charge is 0.207 e. The van der Waals surface area contributed by atoms with Crippen LogP contribution in [-0.2, 0) is 0 Å². The lowest BCUT2D eigenvalue weighted by Gasteiger charge is -2.06. The number of allylic oxidation sites excluding steroid dienone is 2. The summed E-state index contributed by atoms with van der Waals surface area (Å²) in [5, 5.41) is 0.839. The van der Waals surface area contributed by atoms with Crippen molar-refractivity contribution in [1.82, 2.24) is 0 Å². The molecule has 0 N–H and O–H groups in total. The van der Waals surface area contributed by atoms with E-state index >= 15 is 0 Å². The molecule has 0 saturated heterocycles. The van der Waals surface area contributed by atoms with Crippen LogP contribution in [0.2, 0.25) is 0 Å². The maximum absolute atomic E-state index is 13.4. The molecule has 0 atom stereocenters. The first-order valence-electron chi connectivity index (χ1n) is 4.75. The Morgan fingerprint density at radius 1 is 1.33 bits per heavy atom. The molecular formula is C12H13BrF2. The smallest absolute Gasteiger partial charge is 0.133 e.